The van der Waals surface area contributed by atoms with Crippen LogP contribution in [-0.2, 0) is 6.54 Å². The van der Waals surface area contributed by atoms with Gasteiger partial charge in [-0.3, -0.25) is 10.1 Å². The van der Waals surface area contributed by atoms with Crippen molar-refractivity contribution >= 4 is 27.3 Å². The predicted molar refractivity (Wildman–Crippen MR) is 79.3 cm³/mol. The number of aryl methyl sites for hydroxylation is 1. The second-order valence-electron chi connectivity index (χ2n) is 4.24. The normalized spacial score (nSPS) is 10.2. The zero-order chi connectivity index (χ0) is 13.8. The molecule has 1 N–H and O–H groups in total. The van der Waals surface area contributed by atoms with Crippen molar-refractivity contribution < 1.29 is 4.92 Å². The van der Waals surface area contributed by atoms with Crippen molar-refractivity contribution in [1.29, 1.82) is 0 Å². The first-order chi connectivity index (χ1) is 9.06. The minimum Gasteiger partial charge on any atom is -0.381 e. The van der Waals surface area contributed by atoms with Crippen molar-refractivity contribution in [1.82, 2.24) is 0 Å². The van der Waals surface area contributed by atoms with E-state index in [1.807, 2.05) is 30.3 Å². The number of halogens is 1. The fourth-order valence-electron chi connectivity index (χ4n) is 1.76. The Bertz CT molecular complexity index is 614. The van der Waals surface area contributed by atoms with Crippen LogP contribution in [0.1, 0.15) is 11.1 Å². The summed E-state index contributed by atoms with van der Waals surface area (Å²) in [6, 6.07) is 13.1. The first-order valence-electron chi connectivity index (χ1n) is 5.79. The number of nitrogens with one attached hydrogen (secondary N) is 1. The minimum absolute atomic E-state index is 0.161. The molecule has 0 bridgehead atoms. The first-order valence-corrected chi connectivity index (χ1v) is 6.59. The second-order valence-corrected chi connectivity index (χ2v) is 5.16. The van der Waals surface area contributed by atoms with Crippen LogP contribution in [0.25, 0.3) is 0 Å². The Morgan fingerprint density at radius 3 is 2.74 bits per heavy atom. The standard InChI is InChI=1S/C14H13BrN2O2/c1-10-5-6-11(7-14(10)17(18)19)9-16-13-4-2-3-12(15)8-13/h2-8,16H,9H2,1H3. The van der Waals surface area contributed by atoms with Crippen LogP contribution in [0.4, 0.5) is 11.4 Å². The van der Waals surface area contributed by atoms with Crippen LogP contribution < -0.4 is 5.32 Å². The lowest BCUT2D eigenvalue weighted by atomic mass is 10.1. The number of nitro benzene ring substituents is 1. The Morgan fingerprint density at radius 2 is 2.05 bits per heavy atom. The Hall–Kier alpha value is -1.88. The van der Waals surface area contributed by atoms with E-state index in [4.69, 9.17) is 0 Å². The molecule has 0 fully saturated rings. The van der Waals surface area contributed by atoms with Gasteiger partial charge in [-0.2, -0.15) is 0 Å². The summed E-state index contributed by atoms with van der Waals surface area (Å²) in [5, 5.41) is 14.1. The van der Waals surface area contributed by atoms with Crippen molar-refractivity contribution in [3.8, 4) is 0 Å². The third-order valence-corrected chi connectivity index (χ3v) is 3.28. The lowest BCUT2D eigenvalue weighted by Crippen LogP contribution is -2.01. The molecule has 0 aliphatic heterocycles. The quantitative estimate of drug-likeness (QED) is 0.675. The van der Waals surface area contributed by atoms with Crippen LogP contribution in [0.5, 0.6) is 0 Å². The molecule has 5 heteroatoms. The van der Waals surface area contributed by atoms with Gasteiger partial charge in [0.25, 0.3) is 5.69 Å². The van der Waals surface area contributed by atoms with Gasteiger partial charge >= 0.3 is 0 Å². The third kappa shape index (κ3) is 3.54. The van der Waals surface area contributed by atoms with E-state index in [1.54, 1.807) is 19.1 Å². The van der Waals surface area contributed by atoms with Crippen molar-refractivity contribution in [3.63, 3.8) is 0 Å². The Labute approximate surface area is 119 Å². The molecule has 0 aromatic heterocycles. The summed E-state index contributed by atoms with van der Waals surface area (Å²) in [5.41, 5.74) is 2.69. The molecule has 0 heterocycles. The Kier molecular flexibility index (Phi) is 4.16. The first kappa shape index (κ1) is 13.5. The third-order valence-electron chi connectivity index (χ3n) is 2.79. The molecular weight excluding hydrogens is 308 g/mol. The van der Waals surface area contributed by atoms with E-state index in [-0.39, 0.29) is 10.6 Å². The molecule has 0 saturated carbocycles. The maximum Gasteiger partial charge on any atom is 0.272 e. The van der Waals surface area contributed by atoms with E-state index in [0.717, 1.165) is 15.7 Å². The average molecular weight is 321 g/mol. The van der Waals surface area contributed by atoms with Gasteiger partial charge in [-0.1, -0.05) is 34.1 Å². The molecule has 2 aromatic carbocycles. The number of nitro groups is 1. The van der Waals surface area contributed by atoms with Crippen LogP contribution in [0.2, 0.25) is 0 Å². The minimum atomic E-state index is -0.349. The molecule has 0 amide bonds. The summed E-state index contributed by atoms with van der Waals surface area (Å²) in [7, 11) is 0. The molecule has 0 spiro atoms. The van der Waals surface area contributed by atoms with E-state index in [0.29, 0.717) is 12.1 Å². The number of nitrogens with zero attached hydrogens (tertiary/aromatic N) is 1. The van der Waals surface area contributed by atoms with Gasteiger partial charge in [0, 0.05) is 28.3 Å². The molecule has 0 aliphatic carbocycles. The van der Waals surface area contributed by atoms with Gasteiger partial charge in [-0.15, -0.1) is 0 Å². The van der Waals surface area contributed by atoms with Crippen LogP contribution in [-0.4, -0.2) is 4.92 Å². The number of hydrogen-bond donors (Lipinski definition) is 1. The molecule has 0 atom stereocenters. The van der Waals surface area contributed by atoms with E-state index in [1.165, 1.54) is 0 Å². The smallest absolute Gasteiger partial charge is 0.272 e. The maximum atomic E-state index is 10.9. The summed E-state index contributed by atoms with van der Waals surface area (Å²) >= 11 is 3.40. The largest absolute Gasteiger partial charge is 0.381 e. The summed E-state index contributed by atoms with van der Waals surface area (Å²) in [5.74, 6) is 0. The molecule has 2 rings (SSSR count). The molecule has 4 nitrogen and oxygen atoms in total. The van der Waals surface area contributed by atoms with Gasteiger partial charge < -0.3 is 5.32 Å². The van der Waals surface area contributed by atoms with E-state index in [2.05, 4.69) is 21.2 Å². The van der Waals surface area contributed by atoms with Crippen molar-refractivity contribution in [3.05, 3.63) is 68.2 Å². The molecule has 98 valence electrons. The molecular formula is C14H13BrN2O2. The Morgan fingerprint density at radius 1 is 1.26 bits per heavy atom. The highest BCUT2D eigenvalue weighted by atomic mass is 79.9. The van der Waals surface area contributed by atoms with Crippen LogP contribution in [0.3, 0.4) is 0 Å². The summed E-state index contributed by atoms with van der Waals surface area (Å²) < 4.78 is 0.993. The molecule has 0 unspecified atom stereocenters. The molecule has 19 heavy (non-hydrogen) atoms. The Balaban J connectivity index is 2.12. The lowest BCUT2D eigenvalue weighted by molar-refractivity contribution is -0.385. The fraction of sp³-hybridized carbons (Fsp3) is 0.143. The zero-order valence-electron chi connectivity index (χ0n) is 10.4. The maximum absolute atomic E-state index is 10.9. The number of hydrogen-bond acceptors (Lipinski definition) is 3. The SMILES string of the molecule is Cc1ccc(CNc2cccc(Br)c2)cc1[N+](=O)[O-]. The van der Waals surface area contributed by atoms with Crippen molar-refractivity contribution in [2.75, 3.05) is 5.32 Å². The highest BCUT2D eigenvalue weighted by molar-refractivity contribution is 9.10. The fourth-order valence-corrected chi connectivity index (χ4v) is 2.16. The molecule has 2 aromatic rings. The average Bonchev–Trinajstić information content (AvgIpc) is 2.37. The number of benzene rings is 2. The predicted octanol–water partition coefficient (Wildman–Crippen LogP) is 4.28. The zero-order valence-corrected chi connectivity index (χ0v) is 12.0. The topological polar surface area (TPSA) is 55.2 Å². The second kappa shape index (κ2) is 5.84. The van der Waals surface area contributed by atoms with E-state index in [9.17, 15) is 10.1 Å². The van der Waals surface area contributed by atoms with Gasteiger partial charge in [-0.25, -0.2) is 0 Å². The van der Waals surface area contributed by atoms with Gasteiger partial charge in [0.05, 0.1) is 4.92 Å². The summed E-state index contributed by atoms with van der Waals surface area (Å²) in [6.07, 6.45) is 0. The monoisotopic (exact) mass is 320 g/mol. The van der Waals surface area contributed by atoms with Gasteiger partial charge in [-0.05, 0) is 30.7 Å². The van der Waals surface area contributed by atoms with Crippen LogP contribution >= 0.6 is 15.9 Å². The molecule has 0 saturated heterocycles. The van der Waals surface area contributed by atoms with Crippen molar-refractivity contribution in [2.45, 2.75) is 13.5 Å². The van der Waals surface area contributed by atoms with Crippen molar-refractivity contribution in [2.24, 2.45) is 0 Å². The summed E-state index contributed by atoms with van der Waals surface area (Å²) in [6.45, 7) is 2.29. The summed E-state index contributed by atoms with van der Waals surface area (Å²) in [4.78, 5) is 10.5. The lowest BCUT2D eigenvalue weighted by Gasteiger charge is -2.07. The molecule has 0 radical (unpaired) electrons. The highest BCUT2D eigenvalue weighted by Gasteiger charge is 2.10. The highest BCUT2D eigenvalue weighted by Crippen LogP contribution is 2.21. The van der Waals surface area contributed by atoms with E-state index < -0.39 is 0 Å². The van der Waals surface area contributed by atoms with Crippen LogP contribution in [0.15, 0.2) is 46.9 Å². The van der Waals surface area contributed by atoms with Gasteiger partial charge in [0.1, 0.15) is 0 Å². The van der Waals surface area contributed by atoms with Crippen LogP contribution in [0, 0.1) is 17.0 Å². The number of rotatable bonds is 4. The molecule has 0 aliphatic rings. The van der Waals surface area contributed by atoms with Gasteiger partial charge in [0.15, 0.2) is 0 Å². The number of anilines is 1. The van der Waals surface area contributed by atoms with E-state index >= 15 is 0 Å². The van der Waals surface area contributed by atoms with Gasteiger partial charge in [0.2, 0.25) is 0 Å².